The number of nitrogens with one attached hydrogen (secondary N) is 1. The van der Waals surface area contributed by atoms with Gasteiger partial charge >= 0.3 is 0 Å². The molecule has 0 radical (unpaired) electrons. The van der Waals surface area contributed by atoms with Crippen molar-refractivity contribution in [2.24, 2.45) is 0 Å². The predicted molar refractivity (Wildman–Crippen MR) is 54.4 cm³/mol. The zero-order valence-corrected chi connectivity index (χ0v) is 8.31. The van der Waals surface area contributed by atoms with E-state index in [0.717, 1.165) is 37.3 Å². The van der Waals surface area contributed by atoms with E-state index in [1.54, 1.807) is 12.4 Å². The fraction of sp³-hybridized carbons (Fsp3) is 0.500. The fourth-order valence-corrected chi connectivity index (χ4v) is 1.97. The van der Waals surface area contributed by atoms with Crippen molar-refractivity contribution in [2.45, 2.75) is 18.8 Å². The molecule has 2 aromatic rings. The van der Waals surface area contributed by atoms with E-state index in [1.807, 2.05) is 0 Å². The van der Waals surface area contributed by atoms with Crippen molar-refractivity contribution in [1.29, 1.82) is 0 Å². The molecule has 0 spiro atoms. The van der Waals surface area contributed by atoms with Gasteiger partial charge in [0.15, 0.2) is 0 Å². The van der Waals surface area contributed by atoms with Gasteiger partial charge in [0.1, 0.15) is 11.3 Å². The van der Waals surface area contributed by atoms with Crippen molar-refractivity contribution >= 4 is 11.1 Å². The zero-order chi connectivity index (χ0) is 10.1. The Labute approximate surface area is 86.9 Å². The van der Waals surface area contributed by atoms with Crippen LogP contribution in [0.3, 0.4) is 0 Å². The van der Waals surface area contributed by atoms with Crippen molar-refractivity contribution in [3.63, 3.8) is 0 Å². The summed E-state index contributed by atoms with van der Waals surface area (Å²) in [5, 5.41) is 7.03. The molecule has 3 rings (SSSR count). The Morgan fingerprint density at radius 3 is 3.00 bits per heavy atom. The molecule has 0 aromatic carbocycles. The van der Waals surface area contributed by atoms with Gasteiger partial charge in [0, 0.05) is 5.92 Å². The maximum absolute atomic E-state index is 4.97. The maximum atomic E-state index is 4.97. The van der Waals surface area contributed by atoms with Crippen molar-refractivity contribution < 1.29 is 4.52 Å². The Morgan fingerprint density at radius 1 is 1.27 bits per heavy atom. The minimum absolute atomic E-state index is 0.477. The first-order valence-electron chi connectivity index (χ1n) is 5.21. The Balaban J connectivity index is 1.95. The molecule has 0 saturated carbocycles. The summed E-state index contributed by atoms with van der Waals surface area (Å²) in [6.45, 7) is 2.10. The molecule has 0 amide bonds. The van der Waals surface area contributed by atoms with Gasteiger partial charge in [-0.3, -0.25) is 0 Å². The third kappa shape index (κ3) is 1.59. The molecule has 0 unspecified atom stereocenters. The lowest BCUT2D eigenvalue weighted by molar-refractivity contribution is 0.442. The summed E-state index contributed by atoms with van der Waals surface area (Å²) in [5.41, 5.74) is 1.46. The summed E-state index contributed by atoms with van der Waals surface area (Å²) < 4.78 is 4.97. The van der Waals surface area contributed by atoms with Crippen LogP contribution >= 0.6 is 0 Å². The first kappa shape index (κ1) is 8.79. The van der Waals surface area contributed by atoms with Crippen molar-refractivity contribution in [3.05, 3.63) is 18.2 Å². The highest BCUT2D eigenvalue weighted by atomic mass is 16.5. The summed E-state index contributed by atoms with van der Waals surface area (Å²) in [7, 11) is 0. The molecule has 1 fully saturated rings. The lowest BCUT2D eigenvalue weighted by Gasteiger charge is -2.20. The maximum Gasteiger partial charge on any atom is 0.203 e. The highest BCUT2D eigenvalue weighted by Gasteiger charge is 2.18. The van der Waals surface area contributed by atoms with E-state index in [1.165, 1.54) is 0 Å². The monoisotopic (exact) mass is 204 g/mol. The second kappa shape index (κ2) is 3.58. The van der Waals surface area contributed by atoms with Crippen molar-refractivity contribution in [2.75, 3.05) is 13.1 Å². The Kier molecular flexibility index (Phi) is 2.10. The second-order valence-corrected chi connectivity index (χ2v) is 3.83. The van der Waals surface area contributed by atoms with E-state index >= 15 is 0 Å². The molecule has 1 aliphatic heterocycles. The lowest BCUT2D eigenvalue weighted by atomic mass is 9.97. The second-order valence-electron chi connectivity index (χ2n) is 3.83. The highest BCUT2D eigenvalue weighted by Crippen LogP contribution is 2.23. The van der Waals surface area contributed by atoms with Crippen molar-refractivity contribution in [1.82, 2.24) is 20.4 Å². The molecule has 5 nitrogen and oxygen atoms in total. The van der Waals surface area contributed by atoms with Gasteiger partial charge in [-0.05, 0) is 25.9 Å². The molecule has 78 valence electrons. The molecular weight excluding hydrogens is 192 g/mol. The Morgan fingerprint density at radius 2 is 2.13 bits per heavy atom. The molecule has 5 heteroatoms. The van der Waals surface area contributed by atoms with Crippen LogP contribution in [0.25, 0.3) is 11.1 Å². The summed E-state index contributed by atoms with van der Waals surface area (Å²) >= 11 is 0. The summed E-state index contributed by atoms with van der Waals surface area (Å²) in [6.07, 6.45) is 5.57. The van der Waals surface area contributed by atoms with Crippen LogP contribution in [0.2, 0.25) is 0 Å². The number of hydrogen-bond donors (Lipinski definition) is 1. The van der Waals surface area contributed by atoms with E-state index in [9.17, 15) is 0 Å². The van der Waals surface area contributed by atoms with Crippen LogP contribution in [0.1, 0.15) is 24.6 Å². The van der Waals surface area contributed by atoms with Gasteiger partial charge in [-0.25, -0.2) is 9.97 Å². The number of nitrogens with zero attached hydrogens (tertiary/aromatic N) is 3. The van der Waals surface area contributed by atoms with Gasteiger partial charge in [0.25, 0.3) is 0 Å². The normalized spacial score (nSPS) is 18.4. The van der Waals surface area contributed by atoms with E-state index in [2.05, 4.69) is 20.4 Å². The molecular formula is C10H12N4O. The molecule has 3 heterocycles. The molecule has 1 aliphatic rings. The van der Waals surface area contributed by atoms with E-state index in [-0.39, 0.29) is 0 Å². The van der Waals surface area contributed by atoms with Crippen LogP contribution in [0.15, 0.2) is 16.9 Å². The van der Waals surface area contributed by atoms with Crippen molar-refractivity contribution in [3.8, 4) is 0 Å². The standard InChI is InChI=1S/C10H12N4O/c1-3-11-4-2-7(1)10-12-6-9-8(14-10)5-13-15-9/h5-7,11H,1-4H2. The lowest BCUT2D eigenvalue weighted by Crippen LogP contribution is -2.27. The van der Waals surface area contributed by atoms with Gasteiger partial charge in [-0.15, -0.1) is 0 Å². The Bertz CT molecular complexity index is 461. The average molecular weight is 204 g/mol. The number of aromatic nitrogens is 3. The molecule has 0 atom stereocenters. The van der Waals surface area contributed by atoms with E-state index in [4.69, 9.17) is 4.52 Å². The molecule has 0 bridgehead atoms. The van der Waals surface area contributed by atoms with Crippen LogP contribution in [0, 0.1) is 0 Å². The molecule has 0 aliphatic carbocycles. The summed E-state index contributed by atoms with van der Waals surface area (Å²) in [5.74, 6) is 1.40. The van der Waals surface area contributed by atoms with Gasteiger partial charge in [0.2, 0.25) is 5.58 Å². The van der Waals surface area contributed by atoms with Crippen LogP contribution in [0.4, 0.5) is 0 Å². The van der Waals surface area contributed by atoms with Gasteiger partial charge < -0.3 is 9.84 Å². The van der Waals surface area contributed by atoms with Gasteiger partial charge in [-0.1, -0.05) is 5.16 Å². The quantitative estimate of drug-likeness (QED) is 0.753. The van der Waals surface area contributed by atoms with Gasteiger partial charge in [0.05, 0.1) is 12.4 Å². The molecule has 2 aromatic heterocycles. The third-order valence-electron chi connectivity index (χ3n) is 2.83. The SMILES string of the molecule is c1noc2cnc(C3CCNCC3)nc12. The molecule has 1 N–H and O–H groups in total. The zero-order valence-electron chi connectivity index (χ0n) is 8.31. The summed E-state index contributed by atoms with van der Waals surface area (Å²) in [6, 6.07) is 0. The van der Waals surface area contributed by atoms with Crippen LogP contribution in [-0.4, -0.2) is 28.2 Å². The first-order valence-corrected chi connectivity index (χ1v) is 5.21. The van der Waals surface area contributed by atoms with Crippen LogP contribution in [-0.2, 0) is 0 Å². The fourth-order valence-electron chi connectivity index (χ4n) is 1.97. The number of fused-ring (bicyclic) bond motifs is 1. The smallest absolute Gasteiger partial charge is 0.203 e. The van der Waals surface area contributed by atoms with Crippen LogP contribution < -0.4 is 5.32 Å². The minimum atomic E-state index is 0.477. The average Bonchev–Trinajstić information content (AvgIpc) is 2.77. The first-order chi connectivity index (χ1) is 7.43. The minimum Gasteiger partial charge on any atom is -0.353 e. The number of piperidine rings is 1. The number of rotatable bonds is 1. The largest absolute Gasteiger partial charge is 0.353 e. The van der Waals surface area contributed by atoms with Crippen LogP contribution in [0.5, 0.6) is 0 Å². The predicted octanol–water partition coefficient (Wildman–Crippen LogP) is 1.08. The highest BCUT2D eigenvalue weighted by molar-refractivity contribution is 5.69. The van der Waals surface area contributed by atoms with E-state index < -0.39 is 0 Å². The number of hydrogen-bond acceptors (Lipinski definition) is 5. The topological polar surface area (TPSA) is 63.8 Å². The van der Waals surface area contributed by atoms with Gasteiger partial charge in [-0.2, -0.15) is 0 Å². The molecule has 15 heavy (non-hydrogen) atoms. The Hall–Kier alpha value is -1.49. The molecule has 1 saturated heterocycles. The van der Waals surface area contributed by atoms with E-state index in [0.29, 0.717) is 11.5 Å². The third-order valence-corrected chi connectivity index (χ3v) is 2.83. The summed E-state index contributed by atoms with van der Waals surface area (Å²) in [4.78, 5) is 8.79.